The standard InChI is InChI=1S/C22H22ClN3O3/c1-28-13-5-12-26-21(16-6-3-4-7-17(16)29-2)18-19(24-25-20(18)22(26)27)14-8-10-15(23)11-9-14/h3-4,6-11,21H,5,12-13H2,1-2H3,(H,24,25). The lowest BCUT2D eigenvalue weighted by Crippen LogP contribution is -2.31. The van der Waals surface area contributed by atoms with Crippen molar-refractivity contribution in [3.05, 3.63) is 70.4 Å². The Balaban J connectivity index is 1.85. The number of halogens is 1. The fourth-order valence-corrected chi connectivity index (χ4v) is 3.98. The van der Waals surface area contributed by atoms with Crippen LogP contribution in [0.3, 0.4) is 0 Å². The number of methoxy groups -OCH3 is 2. The summed E-state index contributed by atoms with van der Waals surface area (Å²) in [6.45, 7) is 1.15. The highest BCUT2D eigenvalue weighted by atomic mass is 35.5. The minimum Gasteiger partial charge on any atom is -0.496 e. The second-order valence-corrected chi connectivity index (χ2v) is 7.29. The number of carbonyl (C=O) groups excluding carboxylic acids is 1. The van der Waals surface area contributed by atoms with Gasteiger partial charge in [-0.25, -0.2) is 0 Å². The molecule has 1 aliphatic heterocycles. The van der Waals surface area contributed by atoms with E-state index < -0.39 is 0 Å². The first-order valence-electron chi connectivity index (χ1n) is 9.42. The fraction of sp³-hybridized carbons (Fsp3) is 0.273. The number of aromatic nitrogens is 2. The van der Waals surface area contributed by atoms with Crippen molar-refractivity contribution in [3.8, 4) is 17.0 Å². The summed E-state index contributed by atoms with van der Waals surface area (Å²) in [4.78, 5) is 15.1. The quantitative estimate of drug-likeness (QED) is 0.588. The van der Waals surface area contributed by atoms with Gasteiger partial charge in [-0.05, 0) is 24.6 Å². The van der Waals surface area contributed by atoms with E-state index in [1.807, 2.05) is 53.4 Å². The van der Waals surface area contributed by atoms with Gasteiger partial charge >= 0.3 is 0 Å². The van der Waals surface area contributed by atoms with Gasteiger partial charge in [-0.15, -0.1) is 0 Å². The van der Waals surface area contributed by atoms with Crippen molar-refractivity contribution in [1.29, 1.82) is 0 Å². The monoisotopic (exact) mass is 411 g/mol. The number of fused-ring (bicyclic) bond motifs is 1. The summed E-state index contributed by atoms with van der Waals surface area (Å²) < 4.78 is 10.8. The average Bonchev–Trinajstić information content (AvgIpc) is 3.28. The number of benzene rings is 2. The lowest BCUT2D eigenvalue weighted by molar-refractivity contribution is 0.0722. The molecule has 3 aromatic rings. The number of nitrogens with zero attached hydrogens (tertiary/aromatic N) is 2. The van der Waals surface area contributed by atoms with E-state index in [4.69, 9.17) is 21.1 Å². The Hall–Kier alpha value is -2.83. The Labute approximate surface area is 174 Å². The van der Waals surface area contributed by atoms with E-state index in [2.05, 4.69) is 10.2 Å². The third-order valence-electron chi connectivity index (χ3n) is 5.16. The number of hydrogen-bond acceptors (Lipinski definition) is 4. The highest BCUT2D eigenvalue weighted by Crippen LogP contribution is 2.45. The highest BCUT2D eigenvalue weighted by molar-refractivity contribution is 6.30. The van der Waals surface area contributed by atoms with Crippen LogP contribution in [0, 0.1) is 0 Å². The van der Waals surface area contributed by atoms with Crippen LogP contribution in [0.1, 0.15) is 34.1 Å². The number of rotatable bonds is 7. The van der Waals surface area contributed by atoms with E-state index >= 15 is 0 Å². The molecule has 0 spiro atoms. The lowest BCUT2D eigenvalue weighted by Gasteiger charge is -2.27. The number of amides is 1. The Bertz CT molecular complexity index is 1020. The van der Waals surface area contributed by atoms with Crippen molar-refractivity contribution in [2.75, 3.05) is 27.4 Å². The third-order valence-corrected chi connectivity index (χ3v) is 5.41. The number of hydrogen-bond donors (Lipinski definition) is 1. The van der Waals surface area contributed by atoms with Crippen LogP contribution < -0.4 is 4.74 Å². The molecule has 6 nitrogen and oxygen atoms in total. The van der Waals surface area contributed by atoms with Crippen LogP contribution in [0.15, 0.2) is 48.5 Å². The zero-order valence-corrected chi connectivity index (χ0v) is 17.1. The maximum absolute atomic E-state index is 13.2. The van der Waals surface area contributed by atoms with Crippen LogP contribution in [0.2, 0.25) is 5.02 Å². The molecule has 1 amide bonds. The summed E-state index contributed by atoms with van der Waals surface area (Å²) in [6.07, 6.45) is 0.738. The summed E-state index contributed by atoms with van der Waals surface area (Å²) in [5.74, 6) is 0.665. The molecule has 1 unspecified atom stereocenters. The molecule has 0 aliphatic carbocycles. The Morgan fingerprint density at radius 2 is 1.90 bits per heavy atom. The van der Waals surface area contributed by atoms with Crippen molar-refractivity contribution in [2.45, 2.75) is 12.5 Å². The van der Waals surface area contributed by atoms with Gasteiger partial charge in [0, 0.05) is 42.0 Å². The maximum atomic E-state index is 13.2. The molecule has 2 heterocycles. The zero-order valence-electron chi connectivity index (χ0n) is 16.3. The smallest absolute Gasteiger partial charge is 0.273 e. The molecule has 0 saturated heterocycles. The van der Waals surface area contributed by atoms with E-state index in [0.29, 0.717) is 23.9 Å². The van der Waals surface area contributed by atoms with E-state index in [1.165, 1.54) is 0 Å². The molecule has 7 heteroatoms. The van der Waals surface area contributed by atoms with Crippen LogP contribution >= 0.6 is 11.6 Å². The number of aromatic amines is 1. The van der Waals surface area contributed by atoms with E-state index in [9.17, 15) is 4.79 Å². The van der Waals surface area contributed by atoms with Crippen LogP contribution in [-0.4, -0.2) is 48.4 Å². The number of H-pyrrole nitrogens is 1. The summed E-state index contributed by atoms with van der Waals surface area (Å²) in [5.41, 5.74) is 3.95. The van der Waals surface area contributed by atoms with Crippen molar-refractivity contribution < 1.29 is 14.3 Å². The Kier molecular flexibility index (Phi) is 5.56. The molecule has 4 rings (SSSR count). The van der Waals surface area contributed by atoms with Crippen molar-refractivity contribution in [1.82, 2.24) is 15.1 Å². The van der Waals surface area contributed by atoms with Crippen molar-refractivity contribution in [3.63, 3.8) is 0 Å². The van der Waals surface area contributed by atoms with E-state index in [0.717, 1.165) is 34.6 Å². The molecule has 150 valence electrons. The summed E-state index contributed by atoms with van der Waals surface area (Å²) >= 11 is 6.05. The Morgan fingerprint density at radius 3 is 2.62 bits per heavy atom. The van der Waals surface area contributed by atoms with Gasteiger partial charge in [0.2, 0.25) is 0 Å². The predicted octanol–water partition coefficient (Wildman–Crippen LogP) is 4.32. The molecule has 1 aliphatic rings. The van der Waals surface area contributed by atoms with Crippen molar-refractivity contribution in [2.24, 2.45) is 0 Å². The Morgan fingerprint density at radius 1 is 1.14 bits per heavy atom. The summed E-state index contributed by atoms with van der Waals surface area (Å²) in [7, 11) is 3.30. The topological polar surface area (TPSA) is 67.5 Å². The second kappa shape index (κ2) is 8.27. The predicted molar refractivity (Wildman–Crippen MR) is 111 cm³/mol. The molecule has 0 radical (unpaired) electrons. The van der Waals surface area contributed by atoms with Gasteiger partial charge in [-0.1, -0.05) is 41.9 Å². The van der Waals surface area contributed by atoms with Crippen LogP contribution in [0.4, 0.5) is 0 Å². The largest absolute Gasteiger partial charge is 0.496 e. The number of ether oxygens (including phenoxy) is 2. The van der Waals surface area contributed by atoms with Crippen molar-refractivity contribution >= 4 is 17.5 Å². The van der Waals surface area contributed by atoms with Gasteiger partial charge in [0.15, 0.2) is 0 Å². The first-order valence-corrected chi connectivity index (χ1v) is 9.80. The zero-order chi connectivity index (χ0) is 20.4. The van der Waals surface area contributed by atoms with E-state index in [-0.39, 0.29) is 11.9 Å². The lowest BCUT2D eigenvalue weighted by atomic mass is 9.95. The van der Waals surface area contributed by atoms with E-state index in [1.54, 1.807) is 14.2 Å². The molecular formula is C22H22ClN3O3. The summed E-state index contributed by atoms with van der Waals surface area (Å²) in [5, 5.41) is 8.08. The van der Waals surface area contributed by atoms with Gasteiger partial charge in [0.25, 0.3) is 5.91 Å². The first-order chi connectivity index (χ1) is 14.2. The minimum absolute atomic E-state index is 0.0697. The first kappa shape index (κ1) is 19.5. The van der Waals surface area contributed by atoms with Gasteiger partial charge in [0.05, 0.1) is 18.8 Å². The van der Waals surface area contributed by atoms with Gasteiger partial charge < -0.3 is 14.4 Å². The average molecular weight is 412 g/mol. The molecule has 1 atom stereocenters. The third kappa shape index (κ3) is 3.50. The van der Waals surface area contributed by atoms with Gasteiger partial charge in [-0.3, -0.25) is 9.89 Å². The molecule has 29 heavy (non-hydrogen) atoms. The molecular weight excluding hydrogens is 390 g/mol. The number of carbonyl (C=O) groups is 1. The van der Waals surface area contributed by atoms with Gasteiger partial charge in [-0.2, -0.15) is 5.10 Å². The van der Waals surface area contributed by atoms with Crippen LogP contribution in [0.25, 0.3) is 11.3 Å². The molecule has 1 N–H and O–H groups in total. The molecule has 0 fully saturated rings. The number of para-hydroxylation sites is 1. The summed E-state index contributed by atoms with van der Waals surface area (Å²) in [6, 6.07) is 15.0. The molecule has 0 bridgehead atoms. The minimum atomic E-state index is -0.296. The highest BCUT2D eigenvalue weighted by Gasteiger charge is 2.42. The van der Waals surface area contributed by atoms with Gasteiger partial charge in [0.1, 0.15) is 11.4 Å². The molecule has 1 aromatic heterocycles. The van der Waals surface area contributed by atoms with Crippen LogP contribution in [0.5, 0.6) is 5.75 Å². The molecule has 0 saturated carbocycles. The fourth-order valence-electron chi connectivity index (χ4n) is 3.85. The second-order valence-electron chi connectivity index (χ2n) is 6.86. The normalized spacial score (nSPS) is 15.6. The SMILES string of the molecule is COCCCN1C(=O)c2[nH]nc(-c3ccc(Cl)cc3)c2C1c1ccccc1OC. The van der Waals surface area contributed by atoms with Crippen LogP contribution in [-0.2, 0) is 4.74 Å². The molecule has 2 aromatic carbocycles. The maximum Gasteiger partial charge on any atom is 0.273 e. The number of nitrogens with one attached hydrogen (secondary N) is 1.